The number of carbonyl (C=O) groups is 1. The highest BCUT2D eigenvalue weighted by Crippen LogP contribution is 2.39. The minimum Gasteiger partial charge on any atom is -0.350 e. The van der Waals surface area contributed by atoms with Crippen LogP contribution in [0.5, 0.6) is 0 Å². The fourth-order valence-corrected chi connectivity index (χ4v) is 3.05. The van der Waals surface area contributed by atoms with Gasteiger partial charge in [0.05, 0.1) is 5.69 Å². The van der Waals surface area contributed by atoms with Crippen LogP contribution in [0.1, 0.15) is 35.7 Å². The molecule has 0 radical (unpaired) electrons. The minimum atomic E-state index is -0.270. The molecule has 1 amide bonds. The molecule has 6 nitrogen and oxygen atoms in total. The molecular formula is C21H22N4O2. The van der Waals surface area contributed by atoms with E-state index in [1.165, 1.54) is 10.2 Å². The second-order valence-corrected chi connectivity index (χ2v) is 7.01. The Bertz CT molecular complexity index is 999. The van der Waals surface area contributed by atoms with E-state index in [2.05, 4.69) is 10.4 Å². The molecule has 1 aromatic heterocycles. The van der Waals surface area contributed by atoms with Crippen LogP contribution in [-0.4, -0.2) is 20.3 Å². The van der Waals surface area contributed by atoms with Crippen molar-refractivity contribution < 1.29 is 4.79 Å². The van der Waals surface area contributed by atoms with E-state index in [0.717, 1.165) is 29.9 Å². The highest BCUT2D eigenvalue weighted by atomic mass is 16.2. The molecule has 0 aliphatic heterocycles. The number of aryl methyl sites for hydroxylation is 1. The maximum atomic E-state index is 12.9. The van der Waals surface area contributed by atoms with Gasteiger partial charge in [0, 0.05) is 12.5 Å². The van der Waals surface area contributed by atoms with Crippen LogP contribution in [0.25, 0.3) is 5.69 Å². The Labute approximate surface area is 157 Å². The van der Waals surface area contributed by atoms with Gasteiger partial charge in [0.25, 0.3) is 0 Å². The molecule has 0 atom stereocenters. The van der Waals surface area contributed by atoms with Crippen LogP contribution >= 0.6 is 0 Å². The van der Waals surface area contributed by atoms with Crippen LogP contribution in [-0.2, 0) is 17.9 Å². The van der Waals surface area contributed by atoms with Crippen LogP contribution in [0.2, 0.25) is 0 Å². The van der Waals surface area contributed by atoms with Crippen molar-refractivity contribution in [3.63, 3.8) is 0 Å². The first-order valence-corrected chi connectivity index (χ1v) is 9.19. The second-order valence-electron chi connectivity index (χ2n) is 7.01. The maximum Gasteiger partial charge on any atom is 0.351 e. The first-order chi connectivity index (χ1) is 13.1. The zero-order valence-electron chi connectivity index (χ0n) is 15.3. The van der Waals surface area contributed by atoms with Gasteiger partial charge in [-0.25, -0.2) is 14.0 Å². The van der Waals surface area contributed by atoms with Crippen molar-refractivity contribution in [3.8, 4) is 5.69 Å². The standard InChI is InChI=1S/C21H22N4O2/c1-15-7-9-16(10-8-15)13-22-19(26)14-24-21(27)25(18-5-3-2-4-6-18)20(23-24)17-11-12-17/h2-10,17H,11-14H2,1H3,(H,22,26). The minimum absolute atomic E-state index is 0.0791. The van der Waals surface area contributed by atoms with Gasteiger partial charge in [0.2, 0.25) is 5.91 Å². The van der Waals surface area contributed by atoms with Gasteiger partial charge in [-0.3, -0.25) is 4.79 Å². The molecule has 0 spiro atoms. The summed E-state index contributed by atoms with van der Waals surface area (Å²) in [5.41, 5.74) is 2.72. The number of carbonyl (C=O) groups excluding carboxylic acids is 1. The Morgan fingerprint density at radius 1 is 1.11 bits per heavy atom. The van der Waals surface area contributed by atoms with Gasteiger partial charge in [-0.2, -0.15) is 5.10 Å². The topological polar surface area (TPSA) is 68.9 Å². The predicted octanol–water partition coefficient (Wildman–Crippen LogP) is 2.54. The summed E-state index contributed by atoms with van der Waals surface area (Å²) in [5, 5.41) is 7.32. The summed E-state index contributed by atoms with van der Waals surface area (Å²) in [4.78, 5) is 25.2. The highest BCUT2D eigenvalue weighted by Gasteiger charge is 2.31. The molecule has 1 aliphatic carbocycles. The normalized spacial score (nSPS) is 13.5. The molecule has 0 unspecified atom stereocenters. The van der Waals surface area contributed by atoms with E-state index >= 15 is 0 Å². The van der Waals surface area contributed by atoms with Crippen molar-refractivity contribution in [2.45, 2.75) is 38.8 Å². The third kappa shape index (κ3) is 3.84. The van der Waals surface area contributed by atoms with E-state index in [1.807, 2.05) is 61.5 Å². The van der Waals surface area contributed by atoms with E-state index in [0.29, 0.717) is 12.5 Å². The van der Waals surface area contributed by atoms with E-state index in [4.69, 9.17) is 0 Å². The molecule has 4 rings (SSSR count). The van der Waals surface area contributed by atoms with Crippen molar-refractivity contribution in [1.82, 2.24) is 19.7 Å². The number of nitrogens with zero attached hydrogens (tertiary/aromatic N) is 3. The Hall–Kier alpha value is -3.15. The first-order valence-electron chi connectivity index (χ1n) is 9.19. The quantitative estimate of drug-likeness (QED) is 0.733. The lowest BCUT2D eigenvalue weighted by Crippen LogP contribution is -2.33. The molecular weight excluding hydrogens is 340 g/mol. The molecule has 1 heterocycles. The number of amides is 1. The number of rotatable bonds is 6. The highest BCUT2D eigenvalue weighted by molar-refractivity contribution is 5.75. The Morgan fingerprint density at radius 3 is 2.48 bits per heavy atom. The second kappa shape index (κ2) is 7.23. The van der Waals surface area contributed by atoms with Crippen molar-refractivity contribution in [2.24, 2.45) is 0 Å². The van der Waals surface area contributed by atoms with Crippen LogP contribution in [0.3, 0.4) is 0 Å². The summed E-state index contributed by atoms with van der Waals surface area (Å²) in [6, 6.07) is 17.5. The number of hydrogen-bond donors (Lipinski definition) is 1. The van der Waals surface area contributed by atoms with Crippen LogP contribution in [0.15, 0.2) is 59.4 Å². The molecule has 2 aromatic carbocycles. The van der Waals surface area contributed by atoms with Crippen LogP contribution in [0.4, 0.5) is 0 Å². The van der Waals surface area contributed by atoms with Gasteiger partial charge in [-0.15, -0.1) is 0 Å². The van der Waals surface area contributed by atoms with Crippen LogP contribution in [0, 0.1) is 6.92 Å². The monoisotopic (exact) mass is 362 g/mol. The lowest BCUT2D eigenvalue weighted by molar-refractivity contribution is -0.122. The molecule has 1 saturated carbocycles. The summed E-state index contributed by atoms with van der Waals surface area (Å²) < 4.78 is 2.90. The lowest BCUT2D eigenvalue weighted by Gasteiger charge is -2.05. The number of hydrogen-bond acceptors (Lipinski definition) is 3. The van der Waals surface area contributed by atoms with Gasteiger partial charge in [-0.1, -0.05) is 48.0 Å². The van der Waals surface area contributed by atoms with E-state index in [1.54, 1.807) is 4.57 Å². The fourth-order valence-electron chi connectivity index (χ4n) is 3.05. The molecule has 1 N–H and O–H groups in total. The smallest absolute Gasteiger partial charge is 0.350 e. The summed E-state index contributed by atoms with van der Waals surface area (Å²) >= 11 is 0. The zero-order chi connectivity index (χ0) is 18.8. The van der Waals surface area contributed by atoms with Crippen LogP contribution < -0.4 is 11.0 Å². The molecule has 1 aliphatic rings. The maximum absolute atomic E-state index is 12.9. The molecule has 1 fully saturated rings. The zero-order valence-corrected chi connectivity index (χ0v) is 15.3. The van der Waals surface area contributed by atoms with Gasteiger partial charge < -0.3 is 5.32 Å². The van der Waals surface area contributed by atoms with E-state index in [-0.39, 0.29) is 18.1 Å². The molecule has 3 aromatic rings. The third-order valence-electron chi connectivity index (χ3n) is 4.72. The molecule has 0 bridgehead atoms. The number of aromatic nitrogens is 3. The average molecular weight is 362 g/mol. The average Bonchev–Trinajstić information content (AvgIpc) is 3.47. The number of benzene rings is 2. The van der Waals surface area contributed by atoms with Gasteiger partial charge in [0.1, 0.15) is 12.4 Å². The van der Waals surface area contributed by atoms with Gasteiger partial charge >= 0.3 is 5.69 Å². The van der Waals surface area contributed by atoms with Crippen molar-refractivity contribution in [3.05, 3.63) is 82.0 Å². The van der Waals surface area contributed by atoms with Crippen molar-refractivity contribution in [2.75, 3.05) is 0 Å². The summed E-state index contributed by atoms with van der Waals surface area (Å²) in [5.74, 6) is 0.824. The largest absolute Gasteiger partial charge is 0.351 e. The summed E-state index contributed by atoms with van der Waals surface area (Å²) in [6.07, 6.45) is 2.06. The Balaban J connectivity index is 1.51. The Kier molecular flexibility index (Phi) is 4.62. The summed E-state index contributed by atoms with van der Waals surface area (Å²) in [7, 11) is 0. The Morgan fingerprint density at radius 2 is 1.81 bits per heavy atom. The number of nitrogens with one attached hydrogen (secondary N) is 1. The third-order valence-corrected chi connectivity index (χ3v) is 4.72. The molecule has 138 valence electrons. The van der Waals surface area contributed by atoms with Crippen molar-refractivity contribution in [1.29, 1.82) is 0 Å². The molecule has 0 saturated heterocycles. The SMILES string of the molecule is Cc1ccc(CNC(=O)Cn2nc(C3CC3)n(-c3ccccc3)c2=O)cc1. The first kappa shape index (κ1) is 17.3. The van der Waals surface area contributed by atoms with E-state index in [9.17, 15) is 9.59 Å². The molecule has 6 heteroatoms. The number of para-hydroxylation sites is 1. The summed E-state index contributed by atoms with van der Waals surface area (Å²) in [6.45, 7) is 2.38. The van der Waals surface area contributed by atoms with Crippen molar-refractivity contribution >= 4 is 5.91 Å². The van der Waals surface area contributed by atoms with E-state index < -0.39 is 0 Å². The van der Waals surface area contributed by atoms with Gasteiger partial charge in [-0.05, 0) is 37.5 Å². The van der Waals surface area contributed by atoms with Gasteiger partial charge in [0.15, 0.2) is 0 Å². The fraction of sp³-hybridized carbons (Fsp3) is 0.286. The predicted molar refractivity (Wildman–Crippen MR) is 103 cm³/mol. The lowest BCUT2D eigenvalue weighted by atomic mass is 10.1. The molecule has 27 heavy (non-hydrogen) atoms.